The highest BCUT2D eigenvalue weighted by Gasteiger charge is 2.26. The Morgan fingerprint density at radius 1 is 1.32 bits per heavy atom. The van der Waals surface area contributed by atoms with Crippen LogP contribution in [0.5, 0.6) is 0 Å². The molecule has 3 heteroatoms. The number of hydrogen-bond donors (Lipinski definition) is 1. The Kier molecular flexibility index (Phi) is 4.97. The zero-order chi connectivity index (χ0) is 13.7. The second-order valence-electron chi connectivity index (χ2n) is 5.43. The lowest BCUT2D eigenvalue weighted by atomic mass is 10.1. The molecule has 0 aromatic heterocycles. The van der Waals surface area contributed by atoms with Crippen LogP contribution in [0.25, 0.3) is 0 Å². The van der Waals surface area contributed by atoms with Crippen molar-refractivity contribution in [2.24, 2.45) is 11.7 Å². The van der Waals surface area contributed by atoms with E-state index in [1.807, 2.05) is 29.2 Å². The minimum atomic E-state index is 0.174. The van der Waals surface area contributed by atoms with Gasteiger partial charge in [0.25, 0.3) is 5.91 Å². The van der Waals surface area contributed by atoms with Gasteiger partial charge >= 0.3 is 0 Å². The van der Waals surface area contributed by atoms with Crippen LogP contribution in [0.4, 0.5) is 0 Å². The first-order chi connectivity index (χ1) is 9.24. The first-order valence-electron chi connectivity index (χ1n) is 7.33. The molecule has 1 aromatic rings. The monoisotopic (exact) mass is 260 g/mol. The van der Waals surface area contributed by atoms with Gasteiger partial charge < -0.3 is 10.6 Å². The molecule has 0 atom stereocenters. The van der Waals surface area contributed by atoms with Gasteiger partial charge in [-0.1, -0.05) is 19.1 Å². The van der Waals surface area contributed by atoms with E-state index in [1.54, 1.807) is 0 Å². The summed E-state index contributed by atoms with van der Waals surface area (Å²) in [6, 6.07) is 7.90. The third-order valence-corrected chi connectivity index (χ3v) is 3.59. The number of carbonyl (C=O) groups is 1. The summed E-state index contributed by atoms with van der Waals surface area (Å²) >= 11 is 0. The van der Waals surface area contributed by atoms with Gasteiger partial charge in [-0.05, 0) is 55.8 Å². The largest absolute Gasteiger partial charge is 0.338 e. The molecular weight excluding hydrogens is 236 g/mol. The molecule has 0 unspecified atom stereocenters. The number of nitrogens with zero attached hydrogens (tertiary/aromatic N) is 1. The molecule has 104 valence electrons. The van der Waals surface area contributed by atoms with Crippen molar-refractivity contribution in [2.75, 3.05) is 19.6 Å². The topological polar surface area (TPSA) is 46.3 Å². The van der Waals surface area contributed by atoms with Gasteiger partial charge in [0.05, 0.1) is 0 Å². The average molecular weight is 260 g/mol. The Hall–Kier alpha value is -1.35. The molecule has 0 saturated heterocycles. The fourth-order valence-electron chi connectivity index (χ4n) is 2.32. The molecule has 1 fully saturated rings. The van der Waals surface area contributed by atoms with Gasteiger partial charge in [-0.15, -0.1) is 0 Å². The van der Waals surface area contributed by atoms with Crippen LogP contribution in [0.2, 0.25) is 0 Å². The van der Waals surface area contributed by atoms with Crippen LogP contribution in [0.15, 0.2) is 24.3 Å². The van der Waals surface area contributed by atoms with Crippen LogP contribution in [0.3, 0.4) is 0 Å². The van der Waals surface area contributed by atoms with E-state index in [1.165, 1.54) is 18.4 Å². The molecule has 0 radical (unpaired) electrons. The third kappa shape index (κ3) is 4.06. The Bertz CT molecular complexity index is 409. The molecule has 0 spiro atoms. The highest BCUT2D eigenvalue weighted by molar-refractivity contribution is 5.94. The van der Waals surface area contributed by atoms with Gasteiger partial charge in [0, 0.05) is 18.7 Å². The van der Waals surface area contributed by atoms with Gasteiger partial charge in [0.15, 0.2) is 0 Å². The molecule has 0 aliphatic heterocycles. The lowest BCUT2D eigenvalue weighted by Gasteiger charge is -2.22. The maximum atomic E-state index is 12.5. The van der Waals surface area contributed by atoms with Gasteiger partial charge in [-0.3, -0.25) is 4.79 Å². The summed E-state index contributed by atoms with van der Waals surface area (Å²) in [6.45, 7) is 4.56. The Morgan fingerprint density at radius 3 is 2.53 bits per heavy atom. The lowest BCUT2D eigenvalue weighted by Crippen LogP contribution is -2.33. The van der Waals surface area contributed by atoms with Crippen LogP contribution in [0.1, 0.15) is 42.1 Å². The fourth-order valence-corrected chi connectivity index (χ4v) is 2.32. The van der Waals surface area contributed by atoms with Crippen molar-refractivity contribution in [3.63, 3.8) is 0 Å². The van der Waals surface area contributed by atoms with E-state index in [0.717, 1.165) is 37.4 Å². The number of hydrogen-bond acceptors (Lipinski definition) is 2. The molecular formula is C16H24N2O. The Morgan fingerprint density at radius 2 is 2.00 bits per heavy atom. The quantitative estimate of drug-likeness (QED) is 0.818. The first kappa shape index (κ1) is 14.1. The zero-order valence-electron chi connectivity index (χ0n) is 11.8. The van der Waals surface area contributed by atoms with Crippen LogP contribution in [-0.4, -0.2) is 30.4 Å². The number of carbonyl (C=O) groups excluding carboxylic acids is 1. The predicted molar refractivity (Wildman–Crippen MR) is 78.1 cm³/mol. The van der Waals surface area contributed by atoms with Gasteiger partial charge in [-0.2, -0.15) is 0 Å². The lowest BCUT2D eigenvalue weighted by molar-refractivity contribution is 0.0747. The van der Waals surface area contributed by atoms with E-state index in [0.29, 0.717) is 6.54 Å². The number of benzene rings is 1. The van der Waals surface area contributed by atoms with Crippen LogP contribution >= 0.6 is 0 Å². The van der Waals surface area contributed by atoms with E-state index >= 15 is 0 Å². The summed E-state index contributed by atoms with van der Waals surface area (Å²) in [7, 11) is 0. The van der Waals surface area contributed by atoms with Crippen molar-refractivity contribution >= 4 is 5.91 Å². The molecule has 2 N–H and O–H groups in total. The van der Waals surface area contributed by atoms with Crippen molar-refractivity contribution in [2.45, 2.75) is 32.6 Å². The molecule has 1 amide bonds. The summed E-state index contributed by atoms with van der Waals surface area (Å²) in [4.78, 5) is 14.5. The zero-order valence-corrected chi connectivity index (χ0v) is 11.8. The van der Waals surface area contributed by atoms with Gasteiger partial charge in [-0.25, -0.2) is 0 Å². The summed E-state index contributed by atoms with van der Waals surface area (Å²) < 4.78 is 0. The van der Waals surface area contributed by atoms with Crippen molar-refractivity contribution < 1.29 is 4.79 Å². The second kappa shape index (κ2) is 6.71. The van der Waals surface area contributed by atoms with E-state index in [2.05, 4.69) is 6.92 Å². The first-order valence-corrected chi connectivity index (χ1v) is 7.33. The standard InChI is InChI=1S/C16H24N2O/c1-2-11-18(12-14-3-4-14)16(19)15-7-5-13(6-8-15)9-10-17/h5-8,14H,2-4,9-12,17H2,1H3. The molecule has 0 heterocycles. The Labute approximate surface area is 115 Å². The molecule has 2 rings (SSSR count). The molecule has 1 saturated carbocycles. The van der Waals surface area contributed by atoms with Crippen molar-refractivity contribution in [1.29, 1.82) is 0 Å². The maximum absolute atomic E-state index is 12.5. The number of rotatable bonds is 7. The third-order valence-electron chi connectivity index (χ3n) is 3.59. The molecule has 19 heavy (non-hydrogen) atoms. The molecule has 3 nitrogen and oxygen atoms in total. The van der Waals surface area contributed by atoms with Crippen LogP contribution in [-0.2, 0) is 6.42 Å². The molecule has 0 bridgehead atoms. The maximum Gasteiger partial charge on any atom is 0.253 e. The SMILES string of the molecule is CCCN(CC1CC1)C(=O)c1ccc(CCN)cc1. The second-order valence-corrected chi connectivity index (χ2v) is 5.43. The summed E-state index contributed by atoms with van der Waals surface area (Å²) in [5.41, 5.74) is 7.53. The van der Waals surface area contributed by atoms with Crippen molar-refractivity contribution in [3.8, 4) is 0 Å². The van der Waals surface area contributed by atoms with Gasteiger partial charge in [0.2, 0.25) is 0 Å². The highest BCUT2D eigenvalue weighted by atomic mass is 16.2. The minimum Gasteiger partial charge on any atom is -0.338 e. The number of nitrogens with two attached hydrogens (primary N) is 1. The van der Waals surface area contributed by atoms with Crippen LogP contribution < -0.4 is 5.73 Å². The fraction of sp³-hybridized carbons (Fsp3) is 0.562. The molecule has 1 aliphatic carbocycles. The average Bonchev–Trinajstić information content (AvgIpc) is 3.23. The van der Waals surface area contributed by atoms with E-state index in [9.17, 15) is 4.79 Å². The van der Waals surface area contributed by atoms with E-state index in [-0.39, 0.29) is 5.91 Å². The van der Waals surface area contributed by atoms with E-state index < -0.39 is 0 Å². The van der Waals surface area contributed by atoms with Gasteiger partial charge in [0.1, 0.15) is 0 Å². The smallest absolute Gasteiger partial charge is 0.253 e. The van der Waals surface area contributed by atoms with E-state index in [4.69, 9.17) is 5.73 Å². The summed E-state index contributed by atoms with van der Waals surface area (Å²) in [5.74, 6) is 0.917. The van der Waals surface area contributed by atoms with Crippen LogP contribution in [0, 0.1) is 5.92 Å². The minimum absolute atomic E-state index is 0.174. The summed E-state index contributed by atoms with van der Waals surface area (Å²) in [5, 5.41) is 0. The normalized spacial score (nSPS) is 14.4. The Balaban J connectivity index is 2.02. The summed E-state index contributed by atoms with van der Waals surface area (Å²) in [6.07, 6.45) is 4.45. The highest BCUT2D eigenvalue weighted by Crippen LogP contribution is 2.30. The number of amides is 1. The predicted octanol–water partition coefficient (Wildman–Crippen LogP) is 2.45. The van der Waals surface area contributed by atoms with Crippen molar-refractivity contribution in [1.82, 2.24) is 4.90 Å². The molecule has 1 aromatic carbocycles. The molecule has 1 aliphatic rings. The van der Waals surface area contributed by atoms with Crippen molar-refractivity contribution in [3.05, 3.63) is 35.4 Å².